The summed E-state index contributed by atoms with van der Waals surface area (Å²) in [6.45, 7) is -0.183. The maximum absolute atomic E-state index is 14.4. The summed E-state index contributed by atoms with van der Waals surface area (Å²) in [5.74, 6) is -6.68. The molecule has 0 aromatic heterocycles. The SMILES string of the molecule is CN(C)c1c([N+](=O)[O-])cc(N2C(=O)C3CC=C4C(CC5(Cl)C(=O)N(CBr)C(=O)C5(Cl)C4c4ccc(OCCO)cc4)C3C2=O)cc1[N+](=O)[O-]. The summed E-state index contributed by atoms with van der Waals surface area (Å²) < 4.78 is 5.48. The molecule has 18 heteroatoms. The Morgan fingerprint density at radius 3 is 2.14 bits per heavy atom. The van der Waals surface area contributed by atoms with E-state index in [1.807, 2.05) is 0 Å². The van der Waals surface area contributed by atoms with Crippen LogP contribution in [0, 0.1) is 38.0 Å². The van der Waals surface area contributed by atoms with Crippen LogP contribution in [-0.4, -0.2) is 86.0 Å². The number of benzene rings is 2. The Balaban J connectivity index is 1.48. The van der Waals surface area contributed by atoms with E-state index in [9.17, 15) is 39.4 Å². The number of likely N-dealkylation sites (tertiary alicyclic amines) is 1. The second kappa shape index (κ2) is 12.3. The number of halogens is 3. The number of fused-ring (bicyclic) bond motifs is 4. The molecule has 2 aromatic carbocycles. The van der Waals surface area contributed by atoms with E-state index in [4.69, 9.17) is 33.0 Å². The predicted molar refractivity (Wildman–Crippen MR) is 179 cm³/mol. The van der Waals surface area contributed by atoms with Crippen LogP contribution in [0.3, 0.4) is 0 Å². The summed E-state index contributed by atoms with van der Waals surface area (Å²) in [6, 6.07) is 8.39. The summed E-state index contributed by atoms with van der Waals surface area (Å²) in [5, 5.41) is 33.2. The molecule has 2 saturated heterocycles. The molecule has 6 rings (SSSR count). The Kier molecular flexibility index (Phi) is 8.74. The minimum atomic E-state index is -2.05. The van der Waals surface area contributed by atoms with Crippen LogP contribution in [-0.2, 0) is 19.2 Å². The van der Waals surface area contributed by atoms with Gasteiger partial charge >= 0.3 is 11.4 Å². The number of anilines is 2. The fourth-order valence-electron chi connectivity index (χ4n) is 7.76. The normalized spacial score (nSPS) is 29.0. The molecule has 2 heterocycles. The summed E-state index contributed by atoms with van der Waals surface area (Å²) in [7, 11) is 2.78. The zero-order valence-electron chi connectivity index (χ0n) is 25.9. The molecule has 4 amide bonds. The third-order valence-electron chi connectivity index (χ3n) is 9.74. The number of aliphatic hydroxyl groups is 1. The van der Waals surface area contributed by atoms with Crippen molar-refractivity contribution in [3.8, 4) is 5.75 Å². The van der Waals surface area contributed by atoms with E-state index in [0.717, 1.165) is 21.9 Å². The third kappa shape index (κ3) is 4.94. The third-order valence-corrected chi connectivity index (χ3v) is 11.7. The average Bonchev–Trinajstić information content (AvgIpc) is 3.40. The fraction of sp³-hybridized carbons (Fsp3) is 0.419. The second-order valence-corrected chi connectivity index (χ2v) is 14.1. The monoisotopic (exact) mass is 779 g/mol. The standard InChI is InChI=1S/C31H28BrCl2N5O10/c1-35(2)25-21(38(45)46)11-16(12-22(25)39(47)48)37-26(41)19-8-7-18-20(23(19)27(37)42)13-30(33)28(43)36(14-32)29(44)31(30,34)24(18)15-3-5-17(6-4-15)49-10-9-40/h3-7,11-12,19-20,23-24,40H,8-10,13-14H2,1-2H3. The van der Waals surface area contributed by atoms with Gasteiger partial charge in [0.15, 0.2) is 15.4 Å². The van der Waals surface area contributed by atoms with Crippen LogP contribution in [0.25, 0.3) is 0 Å². The number of nitrogens with zero attached hydrogens (tertiary/aromatic N) is 5. The van der Waals surface area contributed by atoms with Gasteiger partial charge in [0.1, 0.15) is 12.4 Å². The number of rotatable bonds is 9. The molecule has 1 N–H and O–H groups in total. The summed E-state index contributed by atoms with van der Waals surface area (Å²) >= 11 is 17.6. The number of imide groups is 2. The second-order valence-electron chi connectivity index (χ2n) is 12.4. The first kappa shape index (κ1) is 34.7. The van der Waals surface area contributed by atoms with Gasteiger partial charge in [0.2, 0.25) is 11.8 Å². The van der Waals surface area contributed by atoms with E-state index < -0.39 is 78.3 Å². The Hall–Kier alpha value is -4.12. The van der Waals surface area contributed by atoms with Crippen molar-refractivity contribution in [3.05, 3.63) is 73.8 Å². The number of allylic oxidation sites excluding steroid dienone is 2. The van der Waals surface area contributed by atoms with Crippen molar-refractivity contribution in [2.75, 3.05) is 42.6 Å². The predicted octanol–water partition coefficient (Wildman–Crippen LogP) is 3.86. The molecular weight excluding hydrogens is 753 g/mol. The van der Waals surface area contributed by atoms with Gasteiger partial charge in [0.25, 0.3) is 11.8 Å². The molecule has 6 atom stereocenters. The van der Waals surface area contributed by atoms with Gasteiger partial charge in [-0.3, -0.25) is 44.3 Å². The average molecular weight is 781 g/mol. The van der Waals surface area contributed by atoms with Crippen molar-refractivity contribution in [1.82, 2.24) is 4.90 Å². The Bertz CT molecular complexity index is 1820. The lowest BCUT2D eigenvalue weighted by Crippen LogP contribution is -2.60. The van der Waals surface area contributed by atoms with Crippen molar-refractivity contribution in [1.29, 1.82) is 0 Å². The molecule has 2 aliphatic heterocycles. The highest BCUT2D eigenvalue weighted by atomic mass is 79.9. The highest BCUT2D eigenvalue weighted by Crippen LogP contribution is 2.65. The first-order valence-corrected chi connectivity index (χ1v) is 16.9. The first-order valence-electron chi connectivity index (χ1n) is 15.0. The van der Waals surface area contributed by atoms with Gasteiger partial charge in [-0.15, -0.1) is 23.2 Å². The van der Waals surface area contributed by atoms with Crippen LogP contribution in [0.5, 0.6) is 5.75 Å². The van der Waals surface area contributed by atoms with Crippen LogP contribution in [0.2, 0.25) is 0 Å². The van der Waals surface area contributed by atoms with Gasteiger partial charge in [-0.25, -0.2) is 4.90 Å². The number of amides is 4. The van der Waals surface area contributed by atoms with Crippen LogP contribution < -0.4 is 14.5 Å². The highest BCUT2D eigenvalue weighted by Gasteiger charge is 2.76. The van der Waals surface area contributed by atoms with Gasteiger partial charge in [-0.05, 0) is 36.5 Å². The number of nitro benzene ring substituents is 2. The number of nitro groups is 2. The van der Waals surface area contributed by atoms with Gasteiger partial charge in [0.05, 0.1) is 39.4 Å². The minimum absolute atomic E-state index is 0.0122. The number of carbonyl (C=O) groups excluding carboxylic acids is 4. The number of hydrogen-bond acceptors (Lipinski definition) is 11. The first-order chi connectivity index (χ1) is 23.1. The van der Waals surface area contributed by atoms with Crippen molar-refractivity contribution >= 4 is 85.5 Å². The highest BCUT2D eigenvalue weighted by molar-refractivity contribution is 9.09. The van der Waals surface area contributed by atoms with Gasteiger partial charge in [-0.1, -0.05) is 39.7 Å². The number of hydrogen-bond donors (Lipinski definition) is 1. The lowest BCUT2D eigenvalue weighted by atomic mass is 9.56. The van der Waals surface area contributed by atoms with Crippen LogP contribution in [0.1, 0.15) is 24.3 Å². The zero-order chi connectivity index (χ0) is 35.7. The van der Waals surface area contributed by atoms with E-state index in [2.05, 4.69) is 15.9 Å². The van der Waals surface area contributed by atoms with Crippen LogP contribution in [0.4, 0.5) is 22.7 Å². The smallest absolute Gasteiger partial charge is 0.301 e. The van der Waals surface area contributed by atoms with Crippen LogP contribution in [0.15, 0.2) is 48.0 Å². The molecule has 3 fully saturated rings. The topological polar surface area (TPSA) is 194 Å². The number of alkyl halides is 3. The van der Waals surface area contributed by atoms with E-state index in [1.165, 1.54) is 19.0 Å². The Labute approximate surface area is 296 Å². The minimum Gasteiger partial charge on any atom is -0.491 e. The molecule has 2 aliphatic carbocycles. The van der Waals surface area contributed by atoms with Crippen LogP contribution >= 0.6 is 39.1 Å². The molecule has 49 heavy (non-hydrogen) atoms. The number of aliphatic hydroxyl groups excluding tert-OH is 1. The maximum atomic E-state index is 14.4. The zero-order valence-corrected chi connectivity index (χ0v) is 29.0. The Morgan fingerprint density at radius 2 is 1.61 bits per heavy atom. The molecule has 15 nitrogen and oxygen atoms in total. The summed E-state index contributed by atoms with van der Waals surface area (Å²) in [5.41, 5.74) is -1.22. The van der Waals surface area contributed by atoms with Crippen molar-refractivity contribution < 1.29 is 38.9 Å². The maximum Gasteiger partial charge on any atom is 0.301 e. The number of carbonyl (C=O) groups is 4. The molecule has 6 unspecified atom stereocenters. The molecule has 1 saturated carbocycles. The van der Waals surface area contributed by atoms with E-state index in [0.29, 0.717) is 16.9 Å². The summed E-state index contributed by atoms with van der Waals surface area (Å²) in [6.07, 6.45) is 1.44. The molecule has 0 radical (unpaired) electrons. The molecule has 0 spiro atoms. The van der Waals surface area contributed by atoms with E-state index >= 15 is 0 Å². The molecule has 4 aliphatic rings. The fourth-order valence-corrected chi connectivity index (χ4v) is 9.18. The van der Waals surface area contributed by atoms with E-state index in [-0.39, 0.29) is 42.9 Å². The van der Waals surface area contributed by atoms with Gasteiger partial charge in [0, 0.05) is 32.1 Å². The lowest BCUT2D eigenvalue weighted by molar-refractivity contribution is -0.392. The van der Waals surface area contributed by atoms with E-state index in [1.54, 1.807) is 30.3 Å². The van der Waals surface area contributed by atoms with Gasteiger partial charge < -0.3 is 14.7 Å². The summed E-state index contributed by atoms with van der Waals surface area (Å²) in [4.78, 5) is 77.3. The number of ether oxygens (including phenoxy) is 1. The van der Waals surface area contributed by atoms with Crippen molar-refractivity contribution in [3.63, 3.8) is 0 Å². The molecular formula is C31H28BrCl2N5O10. The Morgan fingerprint density at radius 1 is 1.00 bits per heavy atom. The lowest BCUT2D eigenvalue weighted by Gasteiger charge is -2.50. The van der Waals surface area contributed by atoms with Gasteiger partial charge in [-0.2, -0.15) is 0 Å². The van der Waals surface area contributed by atoms with Crippen molar-refractivity contribution in [2.24, 2.45) is 17.8 Å². The molecule has 2 aromatic rings. The van der Waals surface area contributed by atoms with Crippen molar-refractivity contribution in [2.45, 2.75) is 28.5 Å². The largest absolute Gasteiger partial charge is 0.491 e. The molecule has 258 valence electrons. The molecule has 0 bridgehead atoms. The quantitative estimate of drug-likeness (QED) is 0.0970.